The summed E-state index contributed by atoms with van der Waals surface area (Å²) in [5.74, 6) is -0.973. The van der Waals surface area contributed by atoms with E-state index in [1.165, 1.54) is 12.1 Å². The van der Waals surface area contributed by atoms with E-state index in [1.807, 2.05) is 22.9 Å². The number of rotatable bonds is 5. The van der Waals surface area contributed by atoms with E-state index in [0.717, 1.165) is 11.4 Å². The number of benzene rings is 2. The van der Waals surface area contributed by atoms with Gasteiger partial charge in [-0.25, -0.2) is 4.79 Å². The molecule has 0 aliphatic rings. The van der Waals surface area contributed by atoms with Gasteiger partial charge < -0.3 is 9.67 Å². The summed E-state index contributed by atoms with van der Waals surface area (Å²) in [5, 5.41) is 19.8. The first-order valence-electron chi connectivity index (χ1n) is 7.76. The van der Waals surface area contributed by atoms with Gasteiger partial charge in [-0.15, -0.1) is 0 Å². The average Bonchev–Trinajstić information content (AvgIpc) is 3.09. The summed E-state index contributed by atoms with van der Waals surface area (Å²) >= 11 is 0. The molecule has 3 aromatic rings. The van der Waals surface area contributed by atoms with Crippen LogP contribution in [0.25, 0.3) is 5.69 Å². The standard InChI is InChI=1S/C19H15N3O4/c1-13-11-16(22(25)26)8-9-18(13)20-12-17-3-2-10-21(17)15-6-4-14(5-7-15)19(23)24/h2-12H,1H3,(H,23,24). The normalized spacial score (nSPS) is 11.0. The van der Waals surface area contributed by atoms with Crippen LogP contribution < -0.4 is 0 Å². The van der Waals surface area contributed by atoms with E-state index >= 15 is 0 Å². The zero-order valence-corrected chi connectivity index (χ0v) is 13.9. The van der Waals surface area contributed by atoms with E-state index in [1.54, 1.807) is 43.5 Å². The van der Waals surface area contributed by atoms with Crippen molar-refractivity contribution in [1.29, 1.82) is 0 Å². The molecule has 2 aromatic carbocycles. The van der Waals surface area contributed by atoms with Crippen molar-refractivity contribution in [1.82, 2.24) is 4.57 Å². The number of nitro groups is 1. The van der Waals surface area contributed by atoms with Gasteiger partial charge in [-0.2, -0.15) is 0 Å². The molecule has 0 bridgehead atoms. The van der Waals surface area contributed by atoms with Crippen molar-refractivity contribution in [3.63, 3.8) is 0 Å². The number of aliphatic imine (C=N–C) groups is 1. The van der Waals surface area contributed by atoms with Crippen molar-refractivity contribution in [2.24, 2.45) is 4.99 Å². The quantitative estimate of drug-likeness (QED) is 0.425. The number of carboxylic acids is 1. The molecule has 0 atom stereocenters. The summed E-state index contributed by atoms with van der Waals surface area (Å²) in [6, 6.07) is 14.8. The molecule has 26 heavy (non-hydrogen) atoms. The Bertz CT molecular complexity index is 1000. The van der Waals surface area contributed by atoms with Gasteiger partial charge in [0.05, 0.1) is 28.1 Å². The molecule has 0 radical (unpaired) electrons. The Kier molecular flexibility index (Phi) is 4.62. The summed E-state index contributed by atoms with van der Waals surface area (Å²) in [5.41, 5.74) is 3.21. The zero-order chi connectivity index (χ0) is 18.7. The van der Waals surface area contributed by atoms with Crippen LogP contribution in [0.15, 0.2) is 65.8 Å². The molecular weight excluding hydrogens is 334 g/mol. The third-order valence-electron chi connectivity index (χ3n) is 3.90. The van der Waals surface area contributed by atoms with Gasteiger partial charge in [0.25, 0.3) is 5.69 Å². The molecule has 0 amide bonds. The van der Waals surface area contributed by atoms with Crippen LogP contribution in [0.1, 0.15) is 21.6 Å². The molecule has 7 heteroatoms. The predicted molar refractivity (Wildman–Crippen MR) is 97.8 cm³/mol. The lowest BCUT2D eigenvalue weighted by Gasteiger charge is -2.07. The number of nitro benzene ring substituents is 1. The van der Waals surface area contributed by atoms with Gasteiger partial charge in [0, 0.05) is 24.0 Å². The van der Waals surface area contributed by atoms with Crippen LogP contribution in [0.5, 0.6) is 0 Å². The first-order chi connectivity index (χ1) is 12.5. The number of hydrogen-bond donors (Lipinski definition) is 1. The first kappa shape index (κ1) is 17.1. The van der Waals surface area contributed by atoms with Crippen LogP contribution in [0.2, 0.25) is 0 Å². The molecule has 130 valence electrons. The van der Waals surface area contributed by atoms with Gasteiger partial charge in [-0.3, -0.25) is 15.1 Å². The maximum absolute atomic E-state index is 11.0. The fourth-order valence-electron chi connectivity index (χ4n) is 2.53. The molecule has 1 heterocycles. The topological polar surface area (TPSA) is 97.7 Å². The molecule has 0 aliphatic heterocycles. The van der Waals surface area contributed by atoms with Gasteiger partial charge in [0.1, 0.15) is 0 Å². The van der Waals surface area contributed by atoms with Crippen molar-refractivity contribution < 1.29 is 14.8 Å². The number of aromatic nitrogens is 1. The highest BCUT2D eigenvalue weighted by molar-refractivity contribution is 5.88. The van der Waals surface area contributed by atoms with Gasteiger partial charge >= 0.3 is 5.97 Å². The van der Waals surface area contributed by atoms with Crippen LogP contribution in [-0.4, -0.2) is 26.8 Å². The zero-order valence-electron chi connectivity index (χ0n) is 13.9. The second-order valence-corrected chi connectivity index (χ2v) is 5.64. The van der Waals surface area contributed by atoms with Crippen molar-refractivity contribution in [3.8, 4) is 5.69 Å². The second-order valence-electron chi connectivity index (χ2n) is 5.64. The first-order valence-corrected chi connectivity index (χ1v) is 7.76. The summed E-state index contributed by atoms with van der Waals surface area (Å²) < 4.78 is 1.87. The van der Waals surface area contributed by atoms with Crippen LogP contribution in [-0.2, 0) is 0 Å². The van der Waals surface area contributed by atoms with Crippen molar-refractivity contribution >= 4 is 23.6 Å². The lowest BCUT2D eigenvalue weighted by Crippen LogP contribution is -2.00. The van der Waals surface area contributed by atoms with Gasteiger partial charge in [0.15, 0.2) is 0 Å². The largest absolute Gasteiger partial charge is 0.478 e. The number of aryl methyl sites for hydroxylation is 1. The second kappa shape index (κ2) is 7.02. The molecule has 0 saturated carbocycles. The maximum Gasteiger partial charge on any atom is 0.335 e. The van der Waals surface area contributed by atoms with E-state index in [9.17, 15) is 14.9 Å². The van der Waals surface area contributed by atoms with E-state index in [4.69, 9.17) is 5.11 Å². The SMILES string of the molecule is Cc1cc([N+](=O)[O-])ccc1N=Cc1cccn1-c1ccc(C(=O)O)cc1. The molecule has 0 saturated heterocycles. The maximum atomic E-state index is 11.0. The molecule has 1 N–H and O–H groups in total. The Morgan fingerprint density at radius 2 is 1.92 bits per heavy atom. The Morgan fingerprint density at radius 3 is 2.54 bits per heavy atom. The predicted octanol–water partition coefficient (Wildman–Crippen LogP) is 4.14. The van der Waals surface area contributed by atoms with Crippen molar-refractivity contribution in [2.75, 3.05) is 0 Å². The molecule has 0 aliphatic carbocycles. The highest BCUT2D eigenvalue weighted by Crippen LogP contribution is 2.24. The molecular formula is C19H15N3O4. The number of aromatic carboxylic acids is 1. The van der Waals surface area contributed by atoms with Gasteiger partial charge in [0.2, 0.25) is 0 Å². The smallest absolute Gasteiger partial charge is 0.335 e. The molecule has 7 nitrogen and oxygen atoms in total. The summed E-state index contributed by atoms with van der Waals surface area (Å²) in [7, 11) is 0. The monoisotopic (exact) mass is 349 g/mol. The van der Waals surface area contributed by atoms with Crippen LogP contribution in [0.3, 0.4) is 0 Å². The number of carbonyl (C=O) groups is 1. The fourth-order valence-corrected chi connectivity index (χ4v) is 2.53. The van der Waals surface area contributed by atoms with Crippen molar-refractivity contribution in [3.05, 3.63) is 87.7 Å². The fraction of sp³-hybridized carbons (Fsp3) is 0.0526. The molecule has 0 fully saturated rings. The van der Waals surface area contributed by atoms with Crippen LogP contribution >= 0.6 is 0 Å². The summed E-state index contributed by atoms with van der Waals surface area (Å²) in [6.07, 6.45) is 3.51. The van der Waals surface area contributed by atoms with Crippen LogP contribution in [0, 0.1) is 17.0 Å². The van der Waals surface area contributed by atoms with Crippen molar-refractivity contribution in [2.45, 2.75) is 6.92 Å². The number of carboxylic acid groups (broad SMARTS) is 1. The summed E-state index contributed by atoms with van der Waals surface area (Å²) in [4.78, 5) is 25.7. The molecule has 0 unspecified atom stereocenters. The minimum Gasteiger partial charge on any atom is -0.478 e. The van der Waals surface area contributed by atoms with Gasteiger partial charge in [-0.1, -0.05) is 0 Å². The Morgan fingerprint density at radius 1 is 1.19 bits per heavy atom. The number of nitrogens with zero attached hydrogens (tertiary/aromatic N) is 3. The van der Waals surface area contributed by atoms with E-state index in [2.05, 4.69) is 4.99 Å². The molecule has 3 rings (SSSR count). The molecule has 1 aromatic heterocycles. The van der Waals surface area contributed by atoms with Crippen LogP contribution in [0.4, 0.5) is 11.4 Å². The number of hydrogen-bond acceptors (Lipinski definition) is 4. The van der Waals surface area contributed by atoms with E-state index in [0.29, 0.717) is 11.3 Å². The van der Waals surface area contributed by atoms with E-state index < -0.39 is 10.9 Å². The highest BCUT2D eigenvalue weighted by atomic mass is 16.6. The minimum absolute atomic E-state index is 0.0309. The van der Waals surface area contributed by atoms with Gasteiger partial charge in [-0.05, 0) is 55.0 Å². The molecule has 0 spiro atoms. The third kappa shape index (κ3) is 3.51. The summed E-state index contributed by atoms with van der Waals surface area (Å²) in [6.45, 7) is 1.77. The Labute approximate surface area is 149 Å². The lowest BCUT2D eigenvalue weighted by atomic mass is 10.2. The Hall–Kier alpha value is -3.74. The van der Waals surface area contributed by atoms with E-state index in [-0.39, 0.29) is 11.3 Å². The minimum atomic E-state index is -0.973. The third-order valence-corrected chi connectivity index (χ3v) is 3.90. The highest BCUT2D eigenvalue weighted by Gasteiger charge is 2.08. The Balaban J connectivity index is 1.88. The number of non-ortho nitro benzene ring substituents is 1. The average molecular weight is 349 g/mol. The lowest BCUT2D eigenvalue weighted by molar-refractivity contribution is -0.384.